The second kappa shape index (κ2) is 10.7. The Morgan fingerprint density at radius 3 is 2.28 bits per heavy atom. The first-order valence-electron chi connectivity index (χ1n) is 6.76. The second-order valence-corrected chi connectivity index (χ2v) is 6.86. The number of nitrogens with one attached hydrogen (secondary N) is 1. The summed E-state index contributed by atoms with van der Waals surface area (Å²) < 4.78 is 29.8. The summed E-state index contributed by atoms with van der Waals surface area (Å²) in [6.07, 6.45) is -0.381. The van der Waals surface area contributed by atoms with Gasteiger partial charge in [-0.1, -0.05) is 0 Å². The average molecular weight is 410 g/mol. The van der Waals surface area contributed by atoms with E-state index in [0.717, 1.165) is 11.8 Å². The summed E-state index contributed by atoms with van der Waals surface area (Å²) >= 11 is 0.961. The molecular formula is C12H16N2O8P2S. The van der Waals surface area contributed by atoms with Crippen LogP contribution in [0.15, 0.2) is 29.2 Å². The number of nitrogens with zero attached hydrogens (tertiary/aromatic N) is 1. The molecule has 1 aromatic carbocycles. The Labute approximate surface area is 148 Å². The maximum atomic E-state index is 11.9. The minimum absolute atomic E-state index is 0.0366. The van der Waals surface area contributed by atoms with Gasteiger partial charge in [0.2, 0.25) is 0 Å². The van der Waals surface area contributed by atoms with Crippen LogP contribution in [0.4, 0.5) is 0 Å². The Morgan fingerprint density at radius 1 is 1.24 bits per heavy atom. The Kier molecular flexibility index (Phi) is 9.35. The van der Waals surface area contributed by atoms with Gasteiger partial charge in [0.25, 0.3) is 11.9 Å². The van der Waals surface area contributed by atoms with E-state index in [1.54, 1.807) is 12.1 Å². The van der Waals surface area contributed by atoms with Gasteiger partial charge in [-0.2, -0.15) is 5.26 Å². The average Bonchev–Trinajstić information content (AvgIpc) is 2.51. The molecule has 0 aliphatic carbocycles. The van der Waals surface area contributed by atoms with Crippen LogP contribution >= 0.6 is 28.3 Å². The lowest BCUT2D eigenvalue weighted by Gasteiger charge is -2.24. The van der Waals surface area contributed by atoms with Gasteiger partial charge in [-0.15, -0.1) is 0 Å². The van der Waals surface area contributed by atoms with Gasteiger partial charge in [-0.3, -0.25) is 23.0 Å². The fourth-order valence-electron chi connectivity index (χ4n) is 1.74. The van der Waals surface area contributed by atoms with Crippen LogP contribution in [0.2, 0.25) is 0 Å². The lowest BCUT2D eigenvalue weighted by atomic mass is 10.2. The van der Waals surface area contributed by atoms with Crippen LogP contribution in [0.25, 0.3) is 0 Å². The number of aliphatic hydroxyl groups is 1. The summed E-state index contributed by atoms with van der Waals surface area (Å²) in [4.78, 5) is 30.0. The maximum absolute atomic E-state index is 11.9. The van der Waals surface area contributed by atoms with Crippen LogP contribution in [0.1, 0.15) is 23.2 Å². The Balaban J connectivity index is 2.49. The first-order chi connectivity index (χ1) is 11.8. The van der Waals surface area contributed by atoms with Crippen LogP contribution in [0, 0.1) is 10.7 Å². The summed E-state index contributed by atoms with van der Waals surface area (Å²) in [5.74, 6) is -3.10. The van der Waals surface area contributed by atoms with E-state index < -0.39 is 34.8 Å². The molecule has 0 radical (unpaired) electrons. The van der Waals surface area contributed by atoms with E-state index in [9.17, 15) is 19.0 Å². The van der Waals surface area contributed by atoms with E-state index in [2.05, 4.69) is 14.4 Å². The number of nitriles is 1. The third-order valence-corrected chi connectivity index (χ3v) is 4.31. The zero-order chi connectivity index (χ0) is 18.9. The van der Waals surface area contributed by atoms with Gasteiger partial charge in [0, 0.05) is 23.4 Å². The highest BCUT2D eigenvalue weighted by molar-refractivity contribution is 8.03. The van der Waals surface area contributed by atoms with Crippen molar-refractivity contribution in [3.63, 3.8) is 0 Å². The minimum atomic E-state index is -3.61. The van der Waals surface area contributed by atoms with Crippen molar-refractivity contribution < 1.29 is 37.9 Å². The largest absolute Gasteiger partial charge is 0.352 e. The molecule has 1 amide bonds. The molecule has 0 aromatic heterocycles. The lowest BCUT2D eigenvalue weighted by Crippen LogP contribution is -2.33. The third kappa shape index (κ3) is 8.63. The van der Waals surface area contributed by atoms with E-state index in [1.165, 1.54) is 12.1 Å². The van der Waals surface area contributed by atoms with E-state index in [4.69, 9.17) is 15.0 Å². The monoisotopic (exact) mass is 410 g/mol. The summed E-state index contributed by atoms with van der Waals surface area (Å²) in [6.45, 7) is 0.0429. The second-order valence-electron chi connectivity index (χ2n) is 4.53. The first kappa shape index (κ1) is 21.8. The number of amides is 1. The topological polar surface area (TPSA) is 166 Å². The van der Waals surface area contributed by atoms with E-state index >= 15 is 0 Å². The predicted octanol–water partition coefficient (Wildman–Crippen LogP) is 1.21. The van der Waals surface area contributed by atoms with Crippen molar-refractivity contribution in [2.75, 3.05) is 6.54 Å². The Bertz CT molecular complexity index is 663. The molecule has 0 fully saturated rings. The highest BCUT2D eigenvalue weighted by atomic mass is 32.2. The normalized spacial score (nSPS) is 15.6. The molecule has 1 aromatic rings. The smallest absolute Gasteiger partial charge is 0.320 e. The Hall–Kier alpha value is -1.21. The van der Waals surface area contributed by atoms with Crippen molar-refractivity contribution >= 4 is 34.2 Å². The van der Waals surface area contributed by atoms with Crippen molar-refractivity contribution in [3.05, 3.63) is 29.8 Å². The van der Waals surface area contributed by atoms with Crippen molar-refractivity contribution in [1.82, 2.24) is 5.32 Å². The first-order valence-corrected chi connectivity index (χ1v) is 10.1. The highest BCUT2D eigenvalue weighted by Crippen LogP contribution is 2.35. The van der Waals surface area contributed by atoms with E-state index in [0.29, 0.717) is 10.5 Å². The van der Waals surface area contributed by atoms with Crippen LogP contribution in [0.5, 0.6) is 0 Å². The Morgan fingerprint density at radius 2 is 1.80 bits per heavy atom. The highest BCUT2D eigenvalue weighted by Gasteiger charge is 2.33. The molecule has 0 saturated heterocycles. The van der Waals surface area contributed by atoms with Gasteiger partial charge < -0.3 is 20.2 Å². The molecule has 13 heteroatoms. The van der Waals surface area contributed by atoms with E-state index in [1.807, 2.05) is 5.40 Å². The minimum Gasteiger partial charge on any atom is -0.352 e. The summed E-state index contributed by atoms with van der Waals surface area (Å²) in [5.41, 5.74) is 0.353. The van der Waals surface area contributed by atoms with Gasteiger partial charge in [-0.05, 0) is 42.4 Å². The van der Waals surface area contributed by atoms with Crippen LogP contribution in [-0.2, 0) is 18.2 Å². The van der Waals surface area contributed by atoms with Gasteiger partial charge >= 0.3 is 16.5 Å². The number of thioether (sulfide) groups is 1. The molecule has 0 spiro atoms. The SMILES string of the molecule is N#CSc1ccc(C(=O)NCCCC(O)(O[PH](=O)O)O[PH](=O)O)cc1. The molecule has 25 heavy (non-hydrogen) atoms. The van der Waals surface area contributed by atoms with Crippen molar-refractivity contribution in [3.8, 4) is 5.40 Å². The maximum Gasteiger partial charge on any atom is 0.320 e. The van der Waals surface area contributed by atoms with Crippen LogP contribution in [0.3, 0.4) is 0 Å². The number of benzene rings is 1. The number of hydrogen-bond acceptors (Lipinski definition) is 8. The summed E-state index contributed by atoms with van der Waals surface area (Å²) in [6, 6.07) is 6.29. The number of rotatable bonds is 10. The van der Waals surface area contributed by atoms with Gasteiger partial charge in [0.1, 0.15) is 5.40 Å². The van der Waals surface area contributed by atoms with Crippen molar-refractivity contribution in [1.29, 1.82) is 5.26 Å². The number of thiocyanates is 1. The van der Waals surface area contributed by atoms with Crippen molar-refractivity contribution in [2.24, 2.45) is 0 Å². The van der Waals surface area contributed by atoms with Crippen LogP contribution in [-0.4, -0.2) is 33.3 Å². The molecule has 2 atom stereocenters. The van der Waals surface area contributed by atoms with Gasteiger partial charge in [0.15, 0.2) is 0 Å². The molecule has 0 aliphatic heterocycles. The molecule has 0 aliphatic rings. The molecule has 0 bridgehead atoms. The number of carbonyl (C=O) groups is 1. The third-order valence-electron chi connectivity index (χ3n) is 2.73. The molecule has 4 N–H and O–H groups in total. The quantitative estimate of drug-likeness (QED) is 0.145. The standard InChI is InChI=1S/C12H16N2O8P2S/c13-8-25-10-4-2-9(3-5-10)11(15)14-7-1-6-12(16,21-23(17)18)22-24(19)20/h2-5,16,23-24H,1,6-7H2,(H,14,15)(H,17,18)(H,19,20). The zero-order valence-electron chi connectivity index (χ0n) is 12.7. The molecular weight excluding hydrogens is 394 g/mol. The van der Waals surface area contributed by atoms with Gasteiger partial charge in [-0.25, -0.2) is 0 Å². The molecule has 138 valence electrons. The molecule has 10 nitrogen and oxygen atoms in total. The molecule has 0 heterocycles. The molecule has 1 rings (SSSR count). The lowest BCUT2D eigenvalue weighted by molar-refractivity contribution is -0.277. The fourth-order valence-corrected chi connectivity index (χ4v) is 3.03. The van der Waals surface area contributed by atoms with Crippen molar-refractivity contribution in [2.45, 2.75) is 23.7 Å². The summed E-state index contributed by atoms with van der Waals surface area (Å²) in [5, 5.41) is 22.7. The molecule has 2 unspecified atom stereocenters. The summed E-state index contributed by atoms with van der Waals surface area (Å²) in [7, 11) is -7.22. The zero-order valence-corrected chi connectivity index (χ0v) is 15.5. The predicted molar refractivity (Wildman–Crippen MR) is 89.0 cm³/mol. The number of hydrogen-bond donors (Lipinski definition) is 4. The molecule has 0 saturated carbocycles. The fraction of sp³-hybridized carbons (Fsp3) is 0.333. The van der Waals surface area contributed by atoms with Crippen LogP contribution < -0.4 is 5.32 Å². The van der Waals surface area contributed by atoms with Gasteiger partial charge in [0.05, 0.1) is 0 Å². The number of carbonyl (C=O) groups excluding carboxylic acids is 1. The van der Waals surface area contributed by atoms with E-state index in [-0.39, 0.29) is 13.0 Å².